The molecule has 0 aliphatic heterocycles. The van der Waals surface area contributed by atoms with Crippen molar-refractivity contribution in [2.24, 2.45) is 0 Å². The van der Waals surface area contributed by atoms with Crippen molar-refractivity contribution in [2.45, 2.75) is 4.90 Å². The number of nitro benzene ring substituents is 1. The Morgan fingerprint density at radius 2 is 2.07 bits per heavy atom. The summed E-state index contributed by atoms with van der Waals surface area (Å²) in [5.41, 5.74) is -0.138. The minimum absolute atomic E-state index is 0. The molecule has 0 N–H and O–H groups in total. The van der Waals surface area contributed by atoms with Crippen LogP contribution in [0.4, 0.5) is 5.69 Å². The van der Waals surface area contributed by atoms with Crippen LogP contribution in [-0.2, 0) is 0 Å². The molecule has 0 amide bonds. The molecule has 70 valence electrons. The third-order valence-electron chi connectivity index (χ3n) is 1.40. The first kappa shape index (κ1) is 13.9. The Hall–Kier alpha value is -0.0700. The maximum atomic E-state index is 10.6. The second-order valence-electron chi connectivity index (χ2n) is 2.23. The number of carbonyl (C=O) groups is 1. The van der Waals surface area contributed by atoms with Crippen LogP contribution in [0.15, 0.2) is 23.1 Å². The van der Waals surface area contributed by atoms with Crippen LogP contribution in [-0.4, -0.2) is 39.7 Å². The van der Waals surface area contributed by atoms with Gasteiger partial charge < -0.3 is 0 Å². The molecule has 1 rings (SSSR count). The Balaban J connectivity index is 0.00000169. The molecule has 0 saturated carbocycles. The number of nitrogens with zero attached hydrogens (tertiary/aromatic N) is 1. The van der Waals surface area contributed by atoms with E-state index in [2.05, 4.69) is 12.6 Å². The van der Waals surface area contributed by atoms with Gasteiger partial charge in [0.1, 0.15) is 0 Å². The van der Waals surface area contributed by atoms with Gasteiger partial charge in [-0.1, -0.05) is 0 Å². The van der Waals surface area contributed by atoms with E-state index in [9.17, 15) is 14.9 Å². The van der Waals surface area contributed by atoms with Gasteiger partial charge in [-0.05, 0) is 23.7 Å². The van der Waals surface area contributed by atoms with Crippen molar-refractivity contribution in [2.75, 3.05) is 0 Å². The molecule has 0 aliphatic rings. The van der Waals surface area contributed by atoms with Crippen molar-refractivity contribution < 1.29 is 9.72 Å². The third-order valence-corrected chi connectivity index (χ3v) is 2.00. The van der Waals surface area contributed by atoms with Crippen molar-refractivity contribution in [3.8, 4) is 0 Å². The molecule has 0 bridgehead atoms. The summed E-state index contributed by atoms with van der Waals surface area (Å²) in [6.07, 6.45) is 0. The maximum absolute atomic E-state index is 10.6. The van der Waals surface area contributed by atoms with Crippen molar-refractivity contribution in [1.29, 1.82) is 0 Å². The Kier molecular flexibility index (Phi) is 5.70. The van der Waals surface area contributed by atoms with E-state index in [1.165, 1.54) is 12.1 Å². The predicted molar refractivity (Wildman–Crippen MR) is 57.7 cm³/mol. The zero-order valence-electron chi connectivity index (χ0n) is 6.23. The van der Waals surface area contributed by atoms with Crippen LogP contribution in [0, 0.1) is 10.1 Å². The van der Waals surface area contributed by atoms with Crippen LogP contribution in [0.5, 0.6) is 0 Å². The molecule has 0 fully saturated rings. The molecule has 1 aromatic carbocycles. The third kappa shape index (κ3) is 3.25. The first-order valence-corrected chi connectivity index (χ1v) is 4.02. The fourth-order valence-electron chi connectivity index (χ4n) is 0.792. The number of halogens is 1. The first-order chi connectivity index (χ1) is 6.02. The second-order valence-corrected chi connectivity index (χ2v) is 3.06. The van der Waals surface area contributed by atoms with Crippen molar-refractivity contribution in [1.82, 2.24) is 0 Å². The molecule has 0 saturated heterocycles. The summed E-state index contributed by atoms with van der Waals surface area (Å²) in [6.45, 7) is 0. The molecule has 0 unspecified atom stereocenters. The molecule has 0 heterocycles. The monoisotopic (exact) mass is 241 g/mol. The van der Waals surface area contributed by atoms with E-state index in [0.29, 0.717) is 0 Å². The van der Waals surface area contributed by atoms with Crippen molar-refractivity contribution >= 4 is 64.7 Å². The number of nitro groups is 1. The van der Waals surface area contributed by atoms with Gasteiger partial charge in [-0.3, -0.25) is 14.9 Å². The molecule has 4 nitrogen and oxygen atoms in total. The van der Waals surface area contributed by atoms with E-state index in [0.717, 1.165) is 6.07 Å². The Morgan fingerprint density at radius 1 is 1.50 bits per heavy atom. The normalized spacial score (nSPS) is 9.00. The summed E-state index contributed by atoms with van der Waals surface area (Å²) < 4.78 is 0. The van der Waals surface area contributed by atoms with Gasteiger partial charge in [0.25, 0.3) is 10.9 Å². The summed E-state index contributed by atoms with van der Waals surface area (Å²) in [5.74, 6) is 0. The van der Waals surface area contributed by atoms with Gasteiger partial charge in [-0.25, -0.2) is 0 Å². The molecular formula is C7H5ClNNaO3S. The van der Waals surface area contributed by atoms with Crippen LogP contribution in [0.3, 0.4) is 0 Å². The number of hydrogen-bond acceptors (Lipinski definition) is 4. The van der Waals surface area contributed by atoms with Crippen LogP contribution in [0.1, 0.15) is 10.4 Å². The second kappa shape index (κ2) is 5.72. The van der Waals surface area contributed by atoms with E-state index >= 15 is 0 Å². The van der Waals surface area contributed by atoms with Gasteiger partial charge in [-0.15, -0.1) is 12.6 Å². The summed E-state index contributed by atoms with van der Waals surface area (Å²) >= 11 is 9.00. The molecule has 0 aromatic heterocycles. The topological polar surface area (TPSA) is 60.2 Å². The molecule has 0 radical (unpaired) electrons. The summed E-state index contributed by atoms with van der Waals surface area (Å²) in [5, 5.41) is 9.67. The zero-order valence-corrected chi connectivity index (χ0v) is 7.88. The summed E-state index contributed by atoms with van der Waals surface area (Å²) in [7, 11) is 0. The number of rotatable bonds is 2. The average molecular weight is 242 g/mol. The fourth-order valence-corrected chi connectivity index (χ4v) is 1.13. The van der Waals surface area contributed by atoms with E-state index in [-0.39, 0.29) is 45.7 Å². The van der Waals surface area contributed by atoms with E-state index in [1.54, 1.807) is 0 Å². The van der Waals surface area contributed by atoms with E-state index in [1.807, 2.05) is 0 Å². The van der Waals surface area contributed by atoms with Gasteiger partial charge in [0.15, 0.2) is 0 Å². The standard InChI is InChI=1S/C7H4ClNO3S.Na.H/c8-7(10)4-1-2-6(13)5(3-4)9(11)12;;/h1-3,13H;;. The van der Waals surface area contributed by atoms with Crippen LogP contribution in [0.2, 0.25) is 0 Å². The van der Waals surface area contributed by atoms with Gasteiger partial charge >= 0.3 is 29.6 Å². The molecule has 0 aliphatic carbocycles. The van der Waals surface area contributed by atoms with Crippen LogP contribution < -0.4 is 0 Å². The molecule has 7 heteroatoms. The zero-order chi connectivity index (χ0) is 10.0. The van der Waals surface area contributed by atoms with Crippen LogP contribution in [0.25, 0.3) is 0 Å². The van der Waals surface area contributed by atoms with Gasteiger partial charge in [-0.2, -0.15) is 0 Å². The number of hydrogen-bond donors (Lipinski definition) is 1. The van der Waals surface area contributed by atoms with Crippen molar-refractivity contribution in [3.05, 3.63) is 33.9 Å². The number of benzene rings is 1. The van der Waals surface area contributed by atoms with Gasteiger partial charge in [0.2, 0.25) is 0 Å². The summed E-state index contributed by atoms with van der Waals surface area (Å²) in [4.78, 5) is 20.6. The average Bonchev–Trinajstić information content (AvgIpc) is 2.04. The van der Waals surface area contributed by atoms with Crippen LogP contribution >= 0.6 is 24.2 Å². The SMILES string of the molecule is O=C(Cl)c1ccc(S)c([N+](=O)[O-])c1.[NaH]. The molecular weight excluding hydrogens is 237 g/mol. The molecule has 0 atom stereocenters. The first-order valence-electron chi connectivity index (χ1n) is 3.19. The molecule has 1 aromatic rings. The Labute approximate surface area is 112 Å². The minimum atomic E-state index is -0.726. The number of carbonyl (C=O) groups excluding carboxylic acids is 1. The van der Waals surface area contributed by atoms with Gasteiger partial charge in [0.05, 0.1) is 9.82 Å². The quantitative estimate of drug-likeness (QED) is 0.281. The van der Waals surface area contributed by atoms with Crippen molar-refractivity contribution in [3.63, 3.8) is 0 Å². The Morgan fingerprint density at radius 3 is 2.50 bits per heavy atom. The summed E-state index contributed by atoms with van der Waals surface area (Å²) in [6, 6.07) is 3.83. The molecule has 14 heavy (non-hydrogen) atoms. The van der Waals surface area contributed by atoms with Gasteiger partial charge in [0, 0.05) is 11.6 Å². The van der Waals surface area contributed by atoms with E-state index in [4.69, 9.17) is 11.6 Å². The molecule has 0 spiro atoms. The fraction of sp³-hybridized carbons (Fsp3) is 0. The Bertz CT molecular complexity index is 385. The predicted octanol–water partition coefficient (Wildman–Crippen LogP) is 1.61. The number of thiol groups is 1. The van der Waals surface area contributed by atoms with E-state index < -0.39 is 10.2 Å².